The van der Waals surface area contributed by atoms with E-state index in [0.29, 0.717) is 18.6 Å². The average Bonchev–Trinajstić information content (AvgIpc) is 3.01. The van der Waals surface area contributed by atoms with Crippen LogP contribution in [0.2, 0.25) is 0 Å². The van der Waals surface area contributed by atoms with Crippen LogP contribution in [0.4, 0.5) is 0 Å². The van der Waals surface area contributed by atoms with Gasteiger partial charge < -0.3 is 34.6 Å². The van der Waals surface area contributed by atoms with Crippen LogP contribution in [-0.2, 0) is 11.2 Å². The van der Waals surface area contributed by atoms with E-state index in [1.54, 1.807) is 0 Å². The standard InChI is InChI=1S/C16H22O7/c17-10(6-14-16(20)15(19)11(18)7-21-14)3-1-9-2-4-12-13(5-9)23-8-22-12/h2,4-5,10-11,14-20H,1,3,6-8H2/t10?,11-,14?,15+,16+/m1/s1. The van der Waals surface area contributed by atoms with E-state index in [1.165, 1.54) is 0 Å². The van der Waals surface area contributed by atoms with Crippen molar-refractivity contribution < 1.29 is 34.6 Å². The van der Waals surface area contributed by atoms with E-state index < -0.39 is 30.5 Å². The normalized spacial score (nSPS) is 31.1. The fraction of sp³-hybridized carbons (Fsp3) is 0.625. The molecule has 2 unspecified atom stereocenters. The van der Waals surface area contributed by atoms with Gasteiger partial charge >= 0.3 is 0 Å². The molecule has 0 bridgehead atoms. The number of aryl methyl sites for hydroxylation is 1. The molecule has 1 saturated heterocycles. The predicted molar refractivity (Wildman–Crippen MR) is 79.3 cm³/mol. The van der Waals surface area contributed by atoms with Crippen molar-refractivity contribution in [3.05, 3.63) is 23.8 Å². The van der Waals surface area contributed by atoms with E-state index in [0.717, 1.165) is 11.3 Å². The van der Waals surface area contributed by atoms with Gasteiger partial charge in [-0.3, -0.25) is 0 Å². The van der Waals surface area contributed by atoms with Crippen molar-refractivity contribution in [1.82, 2.24) is 0 Å². The molecule has 1 aromatic rings. The van der Waals surface area contributed by atoms with E-state index in [2.05, 4.69) is 0 Å². The summed E-state index contributed by atoms with van der Waals surface area (Å²) in [6, 6.07) is 5.66. The number of hydrogen-bond acceptors (Lipinski definition) is 7. The first-order valence-corrected chi connectivity index (χ1v) is 7.77. The number of fused-ring (bicyclic) bond motifs is 1. The molecule has 0 amide bonds. The number of rotatable bonds is 5. The summed E-state index contributed by atoms with van der Waals surface area (Å²) in [5.41, 5.74) is 1.02. The highest BCUT2D eigenvalue weighted by Crippen LogP contribution is 2.33. The molecule has 3 rings (SSSR count). The van der Waals surface area contributed by atoms with Crippen LogP contribution in [-0.4, -0.2) is 64.3 Å². The van der Waals surface area contributed by atoms with Gasteiger partial charge in [-0.25, -0.2) is 0 Å². The Morgan fingerprint density at radius 2 is 1.87 bits per heavy atom. The van der Waals surface area contributed by atoms with Crippen molar-refractivity contribution >= 4 is 0 Å². The lowest BCUT2D eigenvalue weighted by Crippen LogP contribution is -2.53. The third-order valence-electron chi connectivity index (χ3n) is 4.31. The maximum absolute atomic E-state index is 10.1. The van der Waals surface area contributed by atoms with Gasteiger partial charge in [0.05, 0.1) is 18.8 Å². The predicted octanol–water partition coefficient (Wildman–Crippen LogP) is -0.420. The van der Waals surface area contributed by atoms with E-state index in [-0.39, 0.29) is 19.8 Å². The van der Waals surface area contributed by atoms with Crippen LogP contribution >= 0.6 is 0 Å². The first-order chi connectivity index (χ1) is 11.0. The first-order valence-electron chi connectivity index (χ1n) is 7.77. The highest BCUT2D eigenvalue weighted by molar-refractivity contribution is 5.44. The monoisotopic (exact) mass is 326 g/mol. The molecule has 5 atom stereocenters. The molecule has 7 heteroatoms. The van der Waals surface area contributed by atoms with Crippen molar-refractivity contribution in [1.29, 1.82) is 0 Å². The summed E-state index contributed by atoms with van der Waals surface area (Å²) in [6.07, 6.45) is -3.55. The van der Waals surface area contributed by atoms with Crippen LogP contribution in [0.3, 0.4) is 0 Å². The van der Waals surface area contributed by atoms with Crippen LogP contribution in [0.1, 0.15) is 18.4 Å². The van der Waals surface area contributed by atoms with E-state index >= 15 is 0 Å². The van der Waals surface area contributed by atoms with Gasteiger partial charge in [0.15, 0.2) is 11.5 Å². The Morgan fingerprint density at radius 1 is 1.09 bits per heavy atom. The van der Waals surface area contributed by atoms with Crippen molar-refractivity contribution in [3.63, 3.8) is 0 Å². The summed E-state index contributed by atoms with van der Waals surface area (Å²) in [4.78, 5) is 0. The number of hydrogen-bond donors (Lipinski definition) is 4. The van der Waals surface area contributed by atoms with Gasteiger partial charge in [-0.15, -0.1) is 0 Å². The Morgan fingerprint density at radius 3 is 2.70 bits per heavy atom. The maximum atomic E-state index is 10.1. The Balaban J connectivity index is 1.49. The Labute approximate surface area is 134 Å². The zero-order chi connectivity index (χ0) is 16.4. The molecular formula is C16H22O7. The molecule has 2 aliphatic rings. The molecule has 1 fully saturated rings. The van der Waals surface area contributed by atoms with Gasteiger partial charge in [-0.05, 0) is 30.5 Å². The lowest BCUT2D eigenvalue weighted by Gasteiger charge is -2.36. The highest BCUT2D eigenvalue weighted by atomic mass is 16.7. The molecule has 2 aliphatic heterocycles. The quantitative estimate of drug-likeness (QED) is 0.582. The van der Waals surface area contributed by atoms with Crippen molar-refractivity contribution in [2.75, 3.05) is 13.4 Å². The molecule has 128 valence electrons. The second-order valence-corrected chi connectivity index (χ2v) is 6.04. The number of benzene rings is 1. The van der Waals surface area contributed by atoms with Crippen molar-refractivity contribution in [3.8, 4) is 11.5 Å². The van der Waals surface area contributed by atoms with Crippen LogP contribution in [0.25, 0.3) is 0 Å². The molecule has 1 aromatic carbocycles. The minimum absolute atomic E-state index is 0.0439. The molecule has 0 aromatic heterocycles. The molecule has 23 heavy (non-hydrogen) atoms. The summed E-state index contributed by atoms with van der Waals surface area (Å²) in [5.74, 6) is 1.43. The number of ether oxygens (including phenoxy) is 3. The summed E-state index contributed by atoms with van der Waals surface area (Å²) in [6.45, 7) is 0.185. The van der Waals surface area contributed by atoms with Gasteiger partial charge in [0.1, 0.15) is 18.3 Å². The van der Waals surface area contributed by atoms with E-state index in [9.17, 15) is 20.4 Å². The lowest BCUT2D eigenvalue weighted by molar-refractivity contribution is -0.193. The molecule has 0 spiro atoms. The zero-order valence-electron chi connectivity index (χ0n) is 12.7. The minimum Gasteiger partial charge on any atom is -0.454 e. The van der Waals surface area contributed by atoms with Gasteiger partial charge in [-0.1, -0.05) is 6.07 Å². The van der Waals surface area contributed by atoms with Crippen LogP contribution in [0, 0.1) is 0 Å². The minimum atomic E-state index is -1.24. The van der Waals surface area contributed by atoms with Crippen LogP contribution in [0.15, 0.2) is 18.2 Å². The van der Waals surface area contributed by atoms with Gasteiger partial charge in [0, 0.05) is 6.42 Å². The molecule has 0 saturated carbocycles. The second kappa shape index (κ2) is 7.02. The summed E-state index contributed by atoms with van der Waals surface area (Å²) >= 11 is 0. The summed E-state index contributed by atoms with van der Waals surface area (Å²) in [5, 5.41) is 39.1. The SMILES string of the molecule is OC(CCc1ccc2c(c1)OCO2)CC1OC[C@@H](O)[C@H](O)[C@H]1O. The smallest absolute Gasteiger partial charge is 0.231 e. The molecule has 4 N–H and O–H groups in total. The molecule has 0 radical (unpaired) electrons. The fourth-order valence-corrected chi connectivity index (χ4v) is 2.89. The summed E-state index contributed by atoms with van der Waals surface area (Å²) in [7, 11) is 0. The van der Waals surface area contributed by atoms with Crippen LogP contribution in [0.5, 0.6) is 11.5 Å². The van der Waals surface area contributed by atoms with Crippen molar-refractivity contribution in [2.24, 2.45) is 0 Å². The van der Waals surface area contributed by atoms with E-state index in [4.69, 9.17) is 14.2 Å². The Kier molecular flexibility index (Phi) is 5.03. The largest absolute Gasteiger partial charge is 0.454 e. The molecular weight excluding hydrogens is 304 g/mol. The van der Waals surface area contributed by atoms with Crippen molar-refractivity contribution in [2.45, 2.75) is 49.8 Å². The molecule has 7 nitrogen and oxygen atoms in total. The number of aliphatic hydroxyl groups is 4. The fourth-order valence-electron chi connectivity index (χ4n) is 2.89. The summed E-state index contributed by atoms with van der Waals surface area (Å²) < 4.78 is 15.9. The third-order valence-corrected chi connectivity index (χ3v) is 4.31. The van der Waals surface area contributed by atoms with Gasteiger partial charge in [0.25, 0.3) is 0 Å². The first kappa shape index (κ1) is 16.5. The second-order valence-electron chi connectivity index (χ2n) is 6.04. The average molecular weight is 326 g/mol. The molecule has 0 aliphatic carbocycles. The Hall–Kier alpha value is -1.38. The number of aliphatic hydroxyl groups excluding tert-OH is 4. The third kappa shape index (κ3) is 3.76. The topological polar surface area (TPSA) is 109 Å². The highest BCUT2D eigenvalue weighted by Gasteiger charge is 2.38. The maximum Gasteiger partial charge on any atom is 0.231 e. The van der Waals surface area contributed by atoms with Crippen LogP contribution < -0.4 is 9.47 Å². The lowest BCUT2D eigenvalue weighted by atomic mass is 9.94. The van der Waals surface area contributed by atoms with Gasteiger partial charge in [0.2, 0.25) is 6.79 Å². The van der Waals surface area contributed by atoms with Gasteiger partial charge in [-0.2, -0.15) is 0 Å². The Bertz CT molecular complexity index is 535. The molecule has 2 heterocycles. The van der Waals surface area contributed by atoms with E-state index in [1.807, 2.05) is 18.2 Å². The zero-order valence-corrected chi connectivity index (χ0v) is 12.7.